The van der Waals surface area contributed by atoms with Gasteiger partial charge < -0.3 is 10.5 Å². The lowest BCUT2D eigenvalue weighted by molar-refractivity contribution is 0.0605. The molecule has 0 aromatic heterocycles. The summed E-state index contributed by atoms with van der Waals surface area (Å²) in [5.74, 6) is 0.327. The molecule has 5 nitrogen and oxygen atoms in total. The van der Waals surface area contributed by atoms with Crippen LogP contribution in [0.1, 0.15) is 26.7 Å². The molecular formula is C11H24N2O3S. The quantitative estimate of drug-likeness (QED) is 0.754. The predicted octanol–water partition coefficient (Wildman–Crippen LogP) is 0.412. The molecular weight excluding hydrogens is 240 g/mol. The maximum absolute atomic E-state index is 12.1. The summed E-state index contributed by atoms with van der Waals surface area (Å²) in [5, 5.41) is 0. The molecule has 1 atom stereocenters. The summed E-state index contributed by atoms with van der Waals surface area (Å²) in [5.41, 5.74) is 6.02. The lowest BCUT2D eigenvalue weighted by atomic mass is 9.94. The number of nitrogens with two attached hydrogens (primary N) is 1. The van der Waals surface area contributed by atoms with E-state index in [1.165, 1.54) is 4.31 Å². The zero-order valence-corrected chi connectivity index (χ0v) is 11.6. The molecule has 1 heterocycles. The van der Waals surface area contributed by atoms with Crippen molar-refractivity contribution in [2.24, 2.45) is 11.7 Å². The van der Waals surface area contributed by atoms with Crippen LogP contribution in [0.3, 0.4) is 0 Å². The average Bonchev–Trinajstić information content (AvgIpc) is 2.30. The van der Waals surface area contributed by atoms with Crippen LogP contribution in [0.25, 0.3) is 0 Å². The summed E-state index contributed by atoms with van der Waals surface area (Å²) < 4.78 is 30.9. The second-order valence-electron chi connectivity index (χ2n) is 4.48. The van der Waals surface area contributed by atoms with Crippen molar-refractivity contribution in [2.75, 3.05) is 32.1 Å². The van der Waals surface area contributed by atoms with Gasteiger partial charge in [0.15, 0.2) is 0 Å². The van der Waals surface area contributed by atoms with Gasteiger partial charge in [0.2, 0.25) is 10.0 Å². The van der Waals surface area contributed by atoms with Gasteiger partial charge in [-0.1, -0.05) is 13.8 Å². The number of hydrogen-bond donors (Lipinski definition) is 1. The van der Waals surface area contributed by atoms with Gasteiger partial charge in [-0.2, -0.15) is 0 Å². The summed E-state index contributed by atoms with van der Waals surface area (Å²) in [6.07, 6.45) is 1.74. The Morgan fingerprint density at radius 3 is 2.29 bits per heavy atom. The molecule has 6 heteroatoms. The molecule has 1 aliphatic heterocycles. The summed E-state index contributed by atoms with van der Waals surface area (Å²) in [6.45, 7) is 6.12. The largest absolute Gasteiger partial charge is 0.381 e. The predicted molar refractivity (Wildman–Crippen MR) is 68.2 cm³/mol. The molecule has 1 unspecified atom stereocenters. The molecule has 1 aliphatic rings. The van der Waals surface area contributed by atoms with Crippen LogP contribution in [-0.4, -0.2) is 50.8 Å². The van der Waals surface area contributed by atoms with Gasteiger partial charge in [0, 0.05) is 32.3 Å². The first-order valence-corrected chi connectivity index (χ1v) is 7.93. The third-order valence-electron chi connectivity index (χ3n) is 3.37. The summed E-state index contributed by atoms with van der Waals surface area (Å²) in [6, 6.07) is -0.274. The molecule has 17 heavy (non-hydrogen) atoms. The van der Waals surface area contributed by atoms with Crippen LogP contribution in [0.5, 0.6) is 0 Å². The highest BCUT2D eigenvalue weighted by molar-refractivity contribution is 7.89. The fourth-order valence-corrected chi connectivity index (χ4v) is 4.00. The van der Waals surface area contributed by atoms with Gasteiger partial charge in [0.1, 0.15) is 0 Å². The molecule has 1 rings (SSSR count). The van der Waals surface area contributed by atoms with Gasteiger partial charge in [0.05, 0.1) is 5.75 Å². The third-order valence-corrected chi connectivity index (χ3v) is 5.48. The van der Waals surface area contributed by atoms with Gasteiger partial charge in [-0.25, -0.2) is 12.7 Å². The van der Waals surface area contributed by atoms with Crippen LogP contribution >= 0.6 is 0 Å². The zero-order valence-electron chi connectivity index (χ0n) is 10.8. The van der Waals surface area contributed by atoms with Crippen molar-refractivity contribution in [2.45, 2.75) is 32.7 Å². The number of hydrogen-bond acceptors (Lipinski definition) is 4. The standard InChI is InChI=1S/C11H24N2O3S/c1-3-13(4-2)17(14,15)9-11(12)10-5-7-16-8-6-10/h10-11H,3-9,12H2,1-2H3. The maximum Gasteiger partial charge on any atom is 0.215 e. The molecule has 2 N–H and O–H groups in total. The van der Waals surface area contributed by atoms with Crippen molar-refractivity contribution in [1.82, 2.24) is 4.31 Å². The molecule has 1 saturated heterocycles. The van der Waals surface area contributed by atoms with Crippen LogP contribution < -0.4 is 5.73 Å². The van der Waals surface area contributed by atoms with Crippen LogP contribution in [0.2, 0.25) is 0 Å². The van der Waals surface area contributed by atoms with Gasteiger partial charge in [-0.05, 0) is 18.8 Å². The van der Waals surface area contributed by atoms with E-state index in [0.29, 0.717) is 26.3 Å². The monoisotopic (exact) mass is 264 g/mol. The Bertz CT molecular complexity index is 309. The fraction of sp³-hybridized carbons (Fsp3) is 1.00. The van der Waals surface area contributed by atoms with E-state index in [1.54, 1.807) is 0 Å². The van der Waals surface area contributed by atoms with Gasteiger partial charge in [0.25, 0.3) is 0 Å². The molecule has 1 fully saturated rings. The first-order chi connectivity index (χ1) is 8.01. The van der Waals surface area contributed by atoms with Crippen LogP contribution in [0, 0.1) is 5.92 Å². The molecule has 0 aromatic rings. The molecule has 0 spiro atoms. The first kappa shape index (κ1) is 14.9. The smallest absolute Gasteiger partial charge is 0.215 e. The number of ether oxygens (including phenoxy) is 1. The van der Waals surface area contributed by atoms with Crippen LogP contribution in [0.4, 0.5) is 0 Å². The SMILES string of the molecule is CCN(CC)S(=O)(=O)CC(N)C1CCOCC1. The highest BCUT2D eigenvalue weighted by Gasteiger charge is 2.28. The van der Waals surface area contributed by atoms with Crippen molar-refractivity contribution in [3.05, 3.63) is 0 Å². The fourth-order valence-electron chi connectivity index (χ4n) is 2.25. The number of rotatable bonds is 6. The Morgan fingerprint density at radius 2 is 1.82 bits per heavy atom. The Balaban J connectivity index is 2.56. The molecule has 0 aliphatic carbocycles. The minimum Gasteiger partial charge on any atom is -0.381 e. The molecule has 0 radical (unpaired) electrons. The molecule has 0 bridgehead atoms. The third kappa shape index (κ3) is 4.21. The summed E-state index contributed by atoms with van der Waals surface area (Å²) >= 11 is 0. The summed E-state index contributed by atoms with van der Waals surface area (Å²) in [7, 11) is -3.20. The topological polar surface area (TPSA) is 72.6 Å². The average molecular weight is 264 g/mol. The molecule has 0 amide bonds. The van der Waals surface area contributed by atoms with E-state index in [2.05, 4.69) is 0 Å². The Hall–Kier alpha value is -0.170. The minimum absolute atomic E-state index is 0.0549. The molecule has 0 saturated carbocycles. The number of sulfonamides is 1. The van der Waals surface area contributed by atoms with E-state index >= 15 is 0 Å². The van der Waals surface area contributed by atoms with Gasteiger partial charge in [-0.15, -0.1) is 0 Å². The normalized spacial score (nSPS) is 20.7. The van der Waals surface area contributed by atoms with Crippen molar-refractivity contribution >= 4 is 10.0 Å². The Labute approximate surface area is 104 Å². The van der Waals surface area contributed by atoms with E-state index in [-0.39, 0.29) is 17.7 Å². The Morgan fingerprint density at radius 1 is 1.29 bits per heavy atom. The second kappa shape index (κ2) is 6.68. The van der Waals surface area contributed by atoms with Crippen molar-refractivity contribution in [1.29, 1.82) is 0 Å². The molecule has 0 aromatic carbocycles. The van der Waals surface area contributed by atoms with Crippen LogP contribution in [-0.2, 0) is 14.8 Å². The summed E-state index contributed by atoms with van der Waals surface area (Å²) in [4.78, 5) is 0. The van der Waals surface area contributed by atoms with E-state index in [0.717, 1.165) is 12.8 Å². The zero-order chi connectivity index (χ0) is 12.9. The van der Waals surface area contributed by atoms with E-state index in [1.807, 2.05) is 13.8 Å². The van der Waals surface area contributed by atoms with Crippen molar-refractivity contribution in [3.8, 4) is 0 Å². The minimum atomic E-state index is -3.20. The number of nitrogens with zero attached hydrogens (tertiary/aromatic N) is 1. The molecule has 102 valence electrons. The van der Waals surface area contributed by atoms with Crippen molar-refractivity contribution in [3.63, 3.8) is 0 Å². The Kier molecular flexibility index (Phi) is 5.85. The second-order valence-corrected chi connectivity index (χ2v) is 6.49. The highest BCUT2D eigenvalue weighted by Crippen LogP contribution is 2.19. The van der Waals surface area contributed by atoms with E-state index in [9.17, 15) is 8.42 Å². The maximum atomic E-state index is 12.1. The highest BCUT2D eigenvalue weighted by atomic mass is 32.2. The lowest BCUT2D eigenvalue weighted by Gasteiger charge is -2.29. The van der Waals surface area contributed by atoms with Crippen molar-refractivity contribution < 1.29 is 13.2 Å². The first-order valence-electron chi connectivity index (χ1n) is 6.32. The van der Waals surface area contributed by atoms with E-state index in [4.69, 9.17) is 10.5 Å². The van der Waals surface area contributed by atoms with Gasteiger partial charge in [-0.3, -0.25) is 0 Å². The van der Waals surface area contributed by atoms with Crippen LogP contribution in [0.15, 0.2) is 0 Å². The lowest BCUT2D eigenvalue weighted by Crippen LogP contribution is -2.44. The van der Waals surface area contributed by atoms with Gasteiger partial charge >= 0.3 is 0 Å². The van der Waals surface area contributed by atoms with E-state index < -0.39 is 10.0 Å².